The molecule has 0 saturated heterocycles. The van der Waals surface area contributed by atoms with Crippen LogP contribution in [0.4, 0.5) is 0 Å². The van der Waals surface area contributed by atoms with Gasteiger partial charge in [-0.3, -0.25) is 4.68 Å². The Balaban J connectivity index is 1.66. The molecular formula is C15H17N7O3S. The van der Waals surface area contributed by atoms with E-state index < -0.39 is 16.1 Å². The summed E-state index contributed by atoms with van der Waals surface area (Å²) < 4.78 is 36.5. The van der Waals surface area contributed by atoms with Crippen molar-refractivity contribution in [3.8, 4) is 6.01 Å². The highest BCUT2D eigenvalue weighted by Gasteiger charge is 2.33. The van der Waals surface area contributed by atoms with Crippen molar-refractivity contribution in [2.75, 3.05) is 6.54 Å². The standard InChI is InChI=1S/C15H17N7O3S/c1-20-10-14(18-11-20)26(23,24)21-7-12-3-6-19-22(12)9-13(8-21)25-15-16-4-2-5-17-15/h2-6,10-11,13H,7-9H2,1H3/t13-/m1/s1. The Labute approximate surface area is 150 Å². The topological polar surface area (TPSA) is 108 Å². The molecule has 0 radical (unpaired) electrons. The van der Waals surface area contributed by atoms with Crippen molar-refractivity contribution >= 4 is 10.0 Å². The molecule has 1 atom stereocenters. The number of hydrogen-bond acceptors (Lipinski definition) is 7. The number of sulfonamides is 1. The maximum atomic E-state index is 13.0. The van der Waals surface area contributed by atoms with Crippen LogP contribution >= 0.6 is 0 Å². The van der Waals surface area contributed by atoms with Crippen LogP contribution in [0.15, 0.2) is 48.3 Å². The monoisotopic (exact) mass is 375 g/mol. The molecule has 10 nitrogen and oxygen atoms in total. The summed E-state index contributed by atoms with van der Waals surface area (Å²) in [5.74, 6) is 0. The van der Waals surface area contributed by atoms with Crippen LogP contribution in [0.3, 0.4) is 0 Å². The summed E-state index contributed by atoms with van der Waals surface area (Å²) in [6.45, 7) is 0.726. The zero-order valence-electron chi connectivity index (χ0n) is 14.0. The number of aryl methyl sites for hydroxylation is 1. The molecule has 3 aromatic rings. The molecule has 0 bridgehead atoms. The SMILES string of the molecule is Cn1cnc(S(=O)(=O)N2Cc3ccnn3C[C@H](Oc3ncccn3)C2)c1. The first-order chi connectivity index (χ1) is 12.5. The van der Waals surface area contributed by atoms with E-state index in [1.807, 2.05) is 0 Å². The molecule has 0 N–H and O–H groups in total. The predicted molar refractivity (Wildman–Crippen MR) is 89.5 cm³/mol. The van der Waals surface area contributed by atoms with Gasteiger partial charge < -0.3 is 9.30 Å². The van der Waals surface area contributed by atoms with E-state index in [2.05, 4.69) is 20.1 Å². The van der Waals surface area contributed by atoms with Gasteiger partial charge in [0, 0.05) is 31.8 Å². The van der Waals surface area contributed by atoms with E-state index in [4.69, 9.17) is 4.74 Å². The molecule has 0 saturated carbocycles. The van der Waals surface area contributed by atoms with E-state index in [9.17, 15) is 8.42 Å². The van der Waals surface area contributed by atoms with Gasteiger partial charge in [-0.15, -0.1) is 0 Å². The van der Waals surface area contributed by atoms with Gasteiger partial charge in [-0.2, -0.15) is 9.40 Å². The van der Waals surface area contributed by atoms with Crippen LogP contribution in [0.1, 0.15) is 5.69 Å². The lowest BCUT2D eigenvalue weighted by atomic mass is 10.3. The first kappa shape index (κ1) is 16.7. The molecule has 11 heteroatoms. The van der Waals surface area contributed by atoms with Crippen LogP contribution in [-0.2, 0) is 30.2 Å². The second-order valence-electron chi connectivity index (χ2n) is 5.95. The molecule has 0 unspecified atom stereocenters. The third-order valence-electron chi connectivity index (χ3n) is 4.03. The van der Waals surface area contributed by atoms with Crippen molar-refractivity contribution in [2.45, 2.75) is 24.2 Å². The van der Waals surface area contributed by atoms with Gasteiger partial charge in [-0.1, -0.05) is 0 Å². The summed E-state index contributed by atoms with van der Waals surface area (Å²) in [6, 6.07) is 3.68. The molecule has 4 rings (SSSR count). The molecular weight excluding hydrogens is 358 g/mol. The lowest BCUT2D eigenvalue weighted by molar-refractivity contribution is 0.144. The number of nitrogens with zero attached hydrogens (tertiary/aromatic N) is 7. The number of imidazole rings is 1. The Morgan fingerprint density at radius 2 is 1.96 bits per heavy atom. The normalized spacial score (nSPS) is 18.3. The van der Waals surface area contributed by atoms with E-state index in [1.54, 1.807) is 47.0 Å². The summed E-state index contributed by atoms with van der Waals surface area (Å²) >= 11 is 0. The number of fused-ring (bicyclic) bond motifs is 1. The fraction of sp³-hybridized carbons (Fsp3) is 0.333. The van der Waals surface area contributed by atoms with Crippen LogP contribution in [-0.4, -0.2) is 54.7 Å². The lowest BCUT2D eigenvalue weighted by Crippen LogP contribution is -2.39. The van der Waals surface area contributed by atoms with Gasteiger partial charge >= 0.3 is 6.01 Å². The van der Waals surface area contributed by atoms with Crippen molar-refractivity contribution in [1.82, 2.24) is 33.6 Å². The van der Waals surface area contributed by atoms with Crippen molar-refractivity contribution < 1.29 is 13.2 Å². The van der Waals surface area contributed by atoms with Gasteiger partial charge in [-0.25, -0.2) is 23.4 Å². The molecule has 26 heavy (non-hydrogen) atoms. The Bertz CT molecular complexity index is 999. The average molecular weight is 375 g/mol. The first-order valence-corrected chi connectivity index (χ1v) is 9.39. The Morgan fingerprint density at radius 3 is 2.69 bits per heavy atom. The van der Waals surface area contributed by atoms with Crippen molar-refractivity contribution in [1.29, 1.82) is 0 Å². The zero-order valence-corrected chi connectivity index (χ0v) is 14.8. The third kappa shape index (κ3) is 3.18. The van der Waals surface area contributed by atoms with Crippen molar-refractivity contribution in [3.63, 3.8) is 0 Å². The van der Waals surface area contributed by atoms with Gasteiger partial charge in [0.15, 0.2) is 5.03 Å². The molecule has 136 valence electrons. The summed E-state index contributed by atoms with van der Waals surface area (Å²) in [4.78, 5) is 12.1. The molecule has 0 spiro atoms. The maximum Gasteiger partial charge on any atom is 0.316 e. The maximum absolute atomic E-state index is 13.0. The predicted octanol–water partition coefficient (Wildman–Crippen LogP) is 0.0587. The van der Waals surface area contributed by atoms with Crippen LogP contribution in [0, 0.1) is 0 Å². The van der Waals surface area contributed by atoms with Gasteiger partial charge in [0.05, 0.1) is 31.7 Å². The van der Waals surface area contributed by atoms with Gasteiger partial charge in [0.25, 0.3) is 10.0 Å². The van der Waals surface area contributed by atoms with Gasteiger partial charge in [0.2, 0.25) is 0 Å². The van der Waals surface area contributed by atoms with Crippen LogP contribution in [0.5, 0.6) is 6.01 Å². The van der Waals surface area contributed by atoms with Gasteiger partial charge in [0.1, 0.15) is 6.10 Å². The highest BCUT2D eigenvalue weighted by atomic mass is 32.2. The van der Waals surface area contributed by atoms with E-state index >= 15 is 0 Å². The summed E-state index contributed by atoms with van der Waals surface area (Å²) in [5.41, 5.74) is 0.782. The third-order valence-corrected chi connectivity index (χ3v) is 5.72. The zero-order chi connectivity index (χ0) is 18.1. The first-order valence-electron chi connectivity index (χ1n) is 7.95. The van der Waals surface area contributed by atoms with E-state index in [1.165, 1.54) is 16.8 Å². The summed E-state index contributed by atoms with van der Waals surface area (Å²) in [7, 11) is -2.05. The second-order valence-corrected chi connectivity index (χ2v) is 7.84. The molecule has 0 aromatic carbocycles. The summed E-state index contributed by atoms with van der Waals surface area (Å²) in [6.07, 6.45) is 7.23. The number of rotatable bonds is 4. The fourth-order valence-electron chi connectivity index (χ4n) is 2.79. The molecule has 0 amide bonds. The Hall–Kier alpha value is -2.79. The molecule has 0 fully saturated rings. The molecule has 3 aromatic heterocycles. The van der Waals surface area contributed by atoms with Gasteiger partial charge in [-0.05, 0) is 12.1 Å². The minimum Gasteiger partial charge on any atom is -0.457 e. The lowest BCUT2D eigenvalue weighted by Gasteiger charge is -2.22. The van der Waals surface area contributed by atoms with Crippen LogP contribution in [0.2, 0.25) is 0 Å². The minimum absolute atomic E-state index is 0.00248. The quantitative estimate of drug-likeness (QED) is 0.634. The minimum atomic E-state index is -3.77. The van der Waals surface area contributed by atoms with E-state index in [0.29, 0.717) is 6.54 Å². The highest BCUT2D eigenvalue weighted by molar-refractivity contribution is 7.89. The van der Waals surface area contributed by atoms with E-state index in [0.717, 1.165) is 5.69 Å². The second kappa shape index (κ2) is 6.50. The molecule has 1 aliphatic heterocycles. The Morgan fingerprint density at radius 1 is 1.15 bits per heavy atom. The van der Waals surface area contributed by atoms with Crippen LogP contribution in [0.25, 0.3) is 0 Å². The Kier molecular flexibility index (Phi) is 4.17. The molecule has 4 heterocycles. The largest absolute Gasteiger partial charge is 0.457 e. The highest BCUT2D eigenvalue weighted by Crippen LogP contribution is 2.21. The van der Waals surface area contributed by atoms with E-state index in [-0.39, 0.29) is 24.1 Å². The summed E-state index contributed by atoms with van der Waals surface area (Å²) in [5, 5.41) is 4.26. The number of aromatic nitrogens is 6. The smallest absolute Gasteiger partial charge is 0.316 e. The molecule has 1 aliphatic rings. The number of hydrogen-bond donors (Lipinski definition) is 0. The van der Waals surface area contributed by atoms with Crippen molar-refractivity contribution in [2.24, 2.45) is 7.05 Å². The fourth-order valence-corrected chi connectivity index (χ4v) is 4.20. The number of ether oxygens (including phenoxy) is 1. The van der Waals surface area contributed by atoms with Crippen LogP contribution < -0.4 is 4.74 Å². The average Bonchev–Trinajstić information content (AvgIpc) is 3.21. The van der Waals surface area contributed by atoms with Crippen molar-refractivity contribution in [3.05, 3.63) is 48.9 Å². The molecule has 0 aliphatic carbocycles.